The fourth-order valence-corrected chi connectivity index (χ4v) is 5.06. The number of rotatable bonds is 11. The maximum atomic E-state index is 12.9. The first kappa shape index (κ1) is 25.4. The van der Waals surface area contributed by atoms with Crippen molar-refractivity contribution in [2.45, 2.75) is 24.0 Å². The standard InChI is InChI=1S/C30H28N4O3S/c1-36-25-18-16-24(17-19-25)34-29(26-14-8-20-37-26)32-33-30(34)38-21-9-15-27(35)31-28(22-10-4-2-5-11-22)23-12-6-3-7-13-23/h2-8,10-14,16-20,28H,9,15,21H2,1H3,(H,31,35). The fraction of sp³-hybridized carbons (Fsp3) is 0.167. The Morgan fingerprint density at radius 3 is 2.21 bits per heavy atom. The Bertz CT molecular complexity index is 1400. The van der Waals surface area contributed by atoms with E-state index in [1.165, 1.54) is 0 Å². The maximum absolute atomic E-state index is 12.9. The highest BCUT2D eigenvalue weighted by atomic mass is 32.2. The van der Waals surface area contributed by atoms with Crippen LogP contribution in [0.1, 0.15) is 30.0 Å². The molecule has 0 saturated heterocycles. The lowest BCUT2D eigenvalue weighted by Gasteiger charge is -2.20. The zero-order chi connectivity index (χ0) is 26.2. The second-order valence-corrected chi connectivity index (χ2v) is 9.65. The first-order valence-electron chi connectivity index (χ1n) is 12.4. The molecule has 2 heterocycles. The number of hydrogen-bond donors (Lipinski definition) is 1. The number of benzene rings is 3. The Morgan fingerprint density at radius 2 is 1.61 bits per heavy atom. The van der Waals surface area contributed by atoms with Crippen molar-refractivity contribution in [2.24, 2.45) is 0 Å². The molecule has 5 aromatic rings. The number of furan rings is 1. The number of carbonyl (C=O) groups is 1. The summed E-state index contributed by atoms with van der Waals surface area (Å²) in [4.78, 5) is 12.9. The van der Waals surface area contributed by atoms with Crippen LogP contribution in [0.25, 0.3) is 17.3 Å². The first-order chi connectivity index (χ1) is 18.7. The zero-order valence-corrected chi connectivity index (χ0v) is 21.8. The zero-order valence-electron chi connectivity index (χ0n) is 21.0. The van der Waals surface area contributed by atoms with Crippen molar-refractivity contribution in [2.75, 3.05) is 12.9 Å². The van der Waals surface area contributed by atoms with E-state index in [2.05, 4.69) is 15.5 Å². The van der Waals surface area contributed by atoms with Crippen LogP contribution in [0.2, 0.25) is 0 Å². The third-order valence-electron chi connectivity index (χ3n) is 6.06. The molecule has 1 N–H and O–H groups in total. The lowest BCUT2D eigenvalue weighted by molar-refractivity contribution is -0.121. The van der Waals surface area contributed by atoms with E-state index in [-0.39, 0.29) is 11.9 Å². The van der Waals surface area contributed by atoms with Gasteiger partial charge in [-0.1, -0.05) is 72.4 Å². The highest BCUT2D eigenvalue weighted by molar-refractivity contribution is 7.99. The molecular weight excluding hydrogens is 496 g/mol. The highest BCUT2D eigenvalue weighted by Gasteiger charge is 2.19. The molecular formula is C30H28N4O3S. The van der Waals surface area contributed by atoms with Gasteiger partial charge in [0, 0.05) is 12.2 Å². The van der Waals surface area contributed by atoms with Crippen LogP contribution in [0.15, 0.2) is 113 Å². The Hall–Kier alpha value is -4.30. The smallest absolute Gasteiger partial charge is 0.220 e. The molecule has 1 amide bonds. The number of aromatic nitrogens is 3. The molecule has 0 radical (unpaired) electrons. The first-order valence-corrected chi connectivity index (χ1v) is 13.4. The van der Waals surface area contributed by atoms with Gasteiger partial charge in [0.15, 0.2) is 10.9 Å². The largest absolute Gasteiger partial charge is 0.497 e. The van der Waals surface area contributed by atoms with Gasteiger partial charge in [-0.15, -0.1) is 10.2 Å². The van der Waals surface area contributed by atoms with Crippen LogP contribution in [0.4, 0.5) is 0 Å². The summed E-state index contributed by atoms with van der Waals surface area (Å²) in [7, 11) is 1.64. The van der Waals surface area contributed by atoms with Gasteiger partial charge < -0.3 is 14.5 Å². The number of hydrogen-bond acceptors (Lipinski definition) is 6. The van der Waals surface area contributed by atoms with Crippen molar-refractivity contribution >= 4 is 17.7 Å². The molecule has 192 valence electrons. The van der Waals surface area contributed by atoms with Gasteiger partial charge in [-0.05, 0) is 53.9 Å². The van der Waals surface area contributed by atoms with Gasteiger partial charge in [-0.3, -0.25) is 9.36 Å². The Kier molecular flexibility index (Phi) is 8.20. The molecule has 5 rings (SSSR count). The van der Waals surface area contributed by atoms with E-state index >= 15 is 0 Å². The molecule has 7 nitrogen and oxygen atoms in total. The molecule has 0 saturated carbocycles. The number of thioether (sulfide) groups is 1. The van der Waals surface area contributed by atoms with Crippen molar-refractivity contribution in [3.63, 3.8) is 0 Å². The van der Waals surface area contributed by atoms with Crippen LogP contribution < -0.4 is 10.1 Å². The summed E-state index contributed by atoms with van der Waals surface area (Å²) < 4.78 is 12.9. The van der Waals surface area contributed by atoms with Crippen molar-refractivity contribution in [3.8, 4) is 23.0 Å². The van der Waals surface area contributed by atoms with E-state index in [1.807, 2.05) is 102 Å². The molecule has 0 unspecified atom stereocenters. The normalized spacial score (nSPS) is 11.0. The maximum Gasteiger partial charge on any atom is 0.220 e. The predicted molar refractivity (Wildman–Crippen MR) is 148 cm³/mol. The fourth-order valence-electron chi connectivity index (χ4n) is 4.17. The third kappa shape index (κ3) is 5.98. The number of ether oxygens (including phenoxy) is 1. The van der Waals surface area contributed by atoms with Crippen molar-refractivity contribution in [1.82, 2.24) is 20.1 Å². The Balaban J connectivity index is 1.25. The summed E-state index contributed by atoms with van der Waals surface area (Å²) in [5.41, 5.74) is 3.01. The highest BCUT2D eigenvalue weighted by Crippen LogP contribution is 2.30. The summed E-state index contributed by atoms with van der Waals surface area (Å²) >= 11 is 1.56. The van der Waals surface area contributed by atoms with Gasteiger partial charge in [-0.25, -0.2) is 0 Å². The topological polar surface area (TPSA) is 82.2 Å². The second kappa shape index (κ2) is 12.3. The molecule has 0 atom stereocenters. The van der Waals surface area contributed by atoms with E-state index < -0.39 is 0 Å². The summed E-state index contributed by atoms with van der Waals surface area (Å²) in [5, 5.41) is 12.7. The molecule has 0 spiro atoms. The van der Waals surface area contributed by atoms with Crippen LogP contribution in [-0.2, 0) is 4.79 Å². The van der Waals surface area contributed by atoms with Crippen LogP contribution in [0, 0.1) is 0 Å². The van der Waals surface area contributed by atoms with E-state index in [9.17, 15) is 4.79 Å². The predicted octanol–water partition coefficient (Wildman–Crippen LogP) is 6.31. The second-order valence-electron chi connectivity index (χ2n) is 8.59. The van der Waals surface area contributed by atoms with Crippen molar-refractivity contribution in [1.29, 1.82) is 0 Å². The molecule has 3 aromatic carbocycles. The Morgan fingerprint density at radius 1 is 0.921 bits per heavy atom. The van der Waals surface area contributed by atoms with E-state index in [0.717, 1.165) is 27.7 Å². The Labute approximate surface area is 225 Å². The van der Waals surface area contributed by atoms with E-state index in [1.54, 1.807) is 25.1 Å². The molecule has 0 fully saturated rings. The average molecular weight is 525 g/mol. The van der Waals surface area contributed by atoms with Crippen molar-refractivity contribution < 1.29 is 13.9 Å². The van der Waals surface area contributed by atoms with Gasteiger partial charge in [0.2, 0.25) is 11.7 Å². The minimum Gasteiger partial charge on any atom is -0.497 e. The third-order valence-corrected chi connectivity index (χ3v) is 7.07. The van der Waals surface area contributed by atoms with Crippen LogP contribution >= 0.6 is 11.8 Å². The summed E-state index contributed by atoms with van der Waals surface area (Å²) in [6.45, 7) is 0. The van der Waals surface area contributed by atoms with Gasteiger partial charge in [0.05, 0.1) is 25.1 Å². The molecule has 0 bridgehead atoms. The average Bonchev–Trinajstić information content (AvgIpc) is 3.65. The lowest BCUT2D eigenvalue weighted by atomic mass is 9.98. The minimum atomic E-state index is -0.188. The van der Waals surface area contributed by atoms with Gasteiger partial charge >= 0.3 is 0 Å². The van der Waals surface area contributed by atoms with Gasteiger partial charge in [0.25, 0.3) is 0 Å². The number of nitrogens with one attached hydrogen (secondary N) is 1. The molecule has 38 heavy (non-hydrogen) atoms. The lowest BCUT2D eigenvalue weighted by Crippen LogP contribution is -2.29. The molecule has 0 aliphatic rings. The van der Waals surface area contributed by atoms with Crippen LogP contribution in [-0.4, -0.2) is 33.5 Å². The quantitative estimate of drug-likeness (QED) is 0.161. The SMILES string of the molecule is COc1ccc(-n2c(SCCCC(=O)NC(c3ccccc3)c3ccccc3)nnc2-c2ccco2)cc1. The van der Waals surface area contributed by atoms with Crippen molar-refractivity contribution in [3.05, 3.63) is 114 Å². The summed E-state index contributed by atoms with van der Waals surface area (Å²) in [5.74, 6) is 2.74. The molecule has 2 aromatic heterocycles. The number of nitrogens with zero attached hydrogens (tertiary/aromatic N) is 3. The van der Waals surface area contributed by atoms with E-state index in [0.29, 0.717) is 30.2 Å². The van der Waals surface area contributed by atoms with Gasteiger partial charge in [0.1, 0.15) is 5.75 Å². The monoisotopic (exact) mass is 524 g/mol. The number of carbonyl (C=O) groups excluding carboxylic acids is 1. The molecule has 8 heteroatoms. The summed E-state index contributed by atoms with van der Waals surface area (Å²) in [6.07, 6.45) is 2.72. The molecule has 0 aliphatic carbocycles. The van der Waals surface area contributed by atoms with Gasteiger partial charge in [-0.2, -0.15) is 0 Å². The minimum absolute atomic E-state index is 0.0104. The number of amides is 1. The van der Waals surface area contributed by atoms with Crippen LogP contribution in [0.5, 0.6) is 5.75 Å². The molecule has 0 aliphatic heterocycles. The van der Waals surface area contributed by atoms with E-state index in [4.69, 9.17) is 9.15 Å². The number of methoxy groups -OCH3 is 1. The van der Waals surface area contributed by atoms with Crippen LogP contribution in [0.3, 0.4) is 0 Å². The summed E-state index contributed by atoms with van der Waals surface area (Å²) in [6, 6.07) is 31.3.